The molecule has 6 heteroatoms. The van der Waals surface area contributed by atoms with E-state index in [9.17, 15) is 14.4 Å². The predicted molar refractivity (Wildman–Crippen MR) is 307 cm³/mol. The molecule has 0 heterocycles. The number of carbonyl (C=O) groups is 3. The van der Waals surface area contributed by atoms with Crippen molar-refractivity contribution in [2.75, 3.05) is 13.2 Å². The summed E-state index contributed by atoms with van der Waals surface area (Å²) in [6.07, 6.45) is 77.2. The van der Waals surface area contributed by atoms with E-state index in [4.69, 9.17) is 14.2 Å². The van der Waals surface area contributed by atoms with Gasteiger partial charge in [0.1, 0.15) is 13.2 Å². The number of hydrogen-bond acceptors (Lipinski definition) is 6. The van der Waals surface area contributed by atoms with Crippen LogP contribution < -0.4 is 0 Å². The Kier molecular flexibility index (Phi) is 56.3. The lowest BCUT2D eigenvalue weighted by Gasteiger charge is -2.18. The molecule has 0 aromatic heterocycles. The summed E-state index contributed by atoms with van der Waals surface area (Å²) in [7, 11) is 0. The van der Waals surface area contributed by atoms with Crippen molar-refractivity contribution in [3.05, 3.63) is 85.1 Å². The van der Waals surface area contributed by atoms with Crippen molar-refractivity contribution >= 4 is 17.9 Å². The lowest BCUT2D eigenvalue weighted by atomic mass is 10.0. The van der Waals surface area contributed by atoms with E-state index >= 15 is 0 Å². The van der Waals surface area contributed by atoms with Gasteiger partial charge in [0.25, 0.3) is 0 Å². The topological polar surface area (TPSA) is 78.9 Å². The first kappa shape index (κ1) is 67.6. The number of rotatable bonds is 54. The van der Waals surface area contributed by atoms with Crippen molar-refractivity contribution in [3.8, 4) is 0 Å². The third kappa shape index (κ3) is 57.4. The van der Waals surface area contributed by atoms with Crippen LogP contribution in [0.15, 0.2) is 85.1 Å². The molecule has 0 rings (SSSR count). The fraction of sp³-hybridized carbons (Fsp3) is 0.738. The lowest BCUT2D eigenvalue weighted by Crippen LogP contribution is -2.30. The molecule has 408 valence electrons. The van der Waals surface area contributed by atoms with E-state index < -0.39 is 6.10 Å². The second-order valence-corrected chi connectivity index (χ2v) is 19.9. The number of allylic oxidation sites excluding steroid dienone is 14. The number of unbranched alkanes of at least 4 members (excludes halogenated alkanes) is 29. The summed E-state index contributed by atoms with van der Waals surface area (Å²) in [5.74, 6) is -0.948. The second kappa shape index (κ2) is 59.2. The summed E-state index contributed by atoms with van der Waals surface area (Å²) in [4.78, 5) is 38.2. The van der Waals surface area contributed by atoms with Crippen LogP contribution in [0.1, 0.15) is 290 Å². The molecule has 0 aliphatic rings. The molecule has 71 heavy (non-hydrogen) atoms. The van der Waals surface area contributed by atoms with Crippen molar-refractivity contribution in [1.29, 1.82) is 0 Å². The molecule has 0 saturated carbocycles. The summed E-state index contributed by atoms with van der Waals surface area (Å²) in [5.41, 5.74) is 0. The van der Waals surface area contributed by atoms with E-state index in [1.54, 1.807) is 0 Å². The third-order valence-electron chi connectivity index (χ3n) is 12.9. The normalized spacial score (nSPS) is 12.7. The van der Waals surface area contributed by atoms with Gasteiger partial charge in [0.2, 0.25) is 0 Å². The minimum absolute atomic E-state index is 0.0936. The molecule has 0 unspecified atom stereocenters. The fourth-order valence-electron chi connectivity index (χ4n) is 8.39. The molecule has 0 bridgehead atoms. The Morgan fingerprint density at radius 2 is 0.563 bits per heavy atom. The quantitative estimate of drug-likeness (QED) is 0.0261. The molecular weight excluding hydrogens is 877 g/mol. The molecular formula is C65H112O6. The number of ether oxygens (including phenoxy) is 3. The number of carbonyl (C=O) groups excluding carboxylic acids is 3. The van der Waals surface area contributed by atoms with E-state index in [0.717, 1.165) is 83.5 Å². The van der Waals surface area contributed by atoms with Crippen molar-refractivity contribution in [2.45, 2.75) is 297 Å². The minimum Gasteiger partial charge on any atom is -0.462 e. The lowest BCUT2D eigenvalue weighted by molar-refractivity contribution is -0.167. The fourth-order valence-corrected chi connectivity index (χ4v) is 8.39. The molecule has 0 aromatic rings. The zero-order chi connectivity index (χ0) is 51.4. The van der Waals surface area contributed by atoms with Crippen LogP contribution in [-0.2, 0) is 28.6 Å². The van der Waals surface area contributed by atoms with Crippen molar-refractivity contribution < 1.29 is 28.6 Å². The summed E-state index contributed by atoms with van der Waals surface area (Å²) in [6, 6.07) is 0. The Hall–Kier alpha value is -3.41. The van der Waals surface area contributed by atoms with E-state index in [1.807, 2.05) is 0 Å². The molecule has 6 nitrogen and oxygen atoms in total. The van der Waals surface area contributed by atoms with Gasteiger partial charge in [-0.1, -0.05) is 266 Å². The Morgan fingerprint density at radius 3 is 0.944 bits per heavy atom. The Bertz CT molecular complexity index is 1370. The molecule has 0 aliphatic heterocycles. The van der Waals surface area contributed by atoms with Gasteiger partial charge in [-0.2, -0.15) is 0 Å². The minimum atomic E-state index is -0.801. The Morgan fingerprint density at radius 1 is 0.296 bits per heavy atom. The van der Waals surface area contributed by atoms with Gasteiger partial charge in [-0.05, 0) is 89.9 Å². The van der Waals surface area contributed by atoms with Crippen LogP contribution in [0.2, 0.25) is 0 Å². The largest absolute Gasteiger partial charge is 0.462 e. The molecule has 1 atom stereocenters. The highest BCUT2D eigenvalue weighted by Gasteiger charge is 2.19. The van der Waals surface area contributed by atoms with Crippen molar-refractivity contribution in [3.63, 3.8) is 0 Å². The molecule has 0 aliphatic carbocycles. The predicted octanol–water partition coefficient (Wildman–Crippen LogP) is 20.3. The molecule has 0 fully saturated rings. The maximum atomic E-state index is 12.9. The summed E-state index contributed by atoms with van der Waals surface area (Å²) in [6.45, 7) is 6.48. The highest BCUT2D eigenvalue weighted by Crippen LogP contribution is 2.16. The van der Waals surface area contributed by atoms with Gasteiger partial charge in [0, 0.05) is 19.3 Å². The maximum Gasteiger partial charge on any atom is 0.306 e. The Labute approximate surface area is 439 Å². The molecule has 0 radical (unpaired) electrons. The molecule has 0 N–H and O–H groups in total. The first-order chi connectivity index (χ1) is 35.0. The average molecular weight is 990 g/mol. The zero-order valence-corrected chi connectivity index (χ0v) is 46.7. The van der Waals surface area contributed by atoms with Gasteiger partial charge in [0.15, 0.2) is 6.10 Å². The molecule has 0 spiro atoms. The third-order valence-corrected chi connectivity index (χ3v) is 12.9. The van der Waals surface area contributed by atoms with Gasteiger partial charge >= 0.3 is 17.9 Å². The van der Waals surface area contributed by atoms with Gasteiger partial charge in [-0.15, -0.1) is 0 Å². The van der Waals surface area contributed by atoms with E-state index in [0.29, 0.717) is 19.3 Å². The van der Waals surface area contributed by atoms with E-state index in [1.165, 1.54) is 161 Å². The summed E-state index contributed by atoms with van der Waals surface area (Å²) < 4.78 is 16.9. The zero-order valence-electron chi connectivity index (χ0n) is 46.7. The van der Waals surface area contributed by atoms with Crippen LogP contribution in [0.4, 0.5) is 0 Å². The second-order valence-electron chi connectivity index (χ2n) is 19.9. The number of hydrogen-bond donors (Lipinski definition) is 0. The van der Waals surface area contributed by atoms with Crippen LogP contribution in [0.3, 0.4) is 0 Å². The van der Waals surface area contributed by atoms with Crippen LogP contribution in [0, 0.1) is 0 Å². The molecule has 0 aromatic carbocycles. The van der Waals surface area contributed by atoms with Gasteiger partial charge < -0.3 is 14.2 Å². The van der Waals surface area contributed by atoms with Crippen LogP contribution in [0.25, 0.3) is 0 Å². The first-order valence-corrected chi connectivity index (χ1v) is 30.1. The monoisotopic (exact) mass is 989 g/mol. The van der Waals surface area contributed by atoms with Crippen molar-refractivity contribution in [1.82, 2.24) is 0 Å². The van der Waals surface area contributed by atoms with Crippen LogP contribution in [-0.4, -0.2) is 37.2 Å². The average Bonchev–Trinajstić information content (AvgIpc) is 3.37. The van der Waals surface area contributed by atoms with Gasteiger partial charge in [-0.25, -0.2) is 0 Å². The van der Waals surface area contributed by atoms with Crippen LogP contribution >= 0.6 is 0 Å². The smallest absolute Gasteiger partial charge is 0.306 e. The van der Waals surface area contributed by atoms with Crippen LogP contribution in [0.5, 0.6) is 0 Å². The number of esters is 3. The SMILES string of the molecule is CC/C=C\C/C=C\C/C=C\C/C=C\C/C=C\CCCC(=O)OC[C@H](COC(=O)CCCCCCCCCCCCCCCCCCC)OC(=O)CCCCCCCCCCC/C=C\C/C=C\CCCCC. The first-order valence-electron chi connectivity index (χ1n) is 30.1. The Balaban J connectivity index is 4.45. The standard InChI is InChI=1S/C65H112O6/c1-4-7-10-13-16-19-22-25-28-31-32-35-38-41-44-47-50-53-56-59-65(68)71-62(60-69-63(66)57-54-51-48-45-42-39-36-33-29-26-23-20-17-14-11-8-5-2)61-70-64(67)58-55-52-49-46-43-40-37-34-30-27-24-21-18-15-12-9-6-3/h8,11,16-17,19-20,25-26,28-29,36,39,45,48,62H,4-7,9-10,12-15,18,21-24,27,30-35,37-38,40-44,46-47,49-61H2,1-3H3/b11-8-,19-16-,20-17-,28-25-,29-26-,39-36-,48-45-/t62-/m1/s1. The summed E-state index contributed by atoms with van der Waals surface area (Å²) >= 11 is 0. The highest BCUT2D eigenvalue weighted by molar-refractivity contribution is 5.71. The van der Waals surface area contributed by atoms with Gasteiger partial charge in [-0.3, -0.25) is 14.4 Å². The van der Waals surface area contributed by atoms with E-state index in [2.05, 4.69) is 106 Å². The molecule has 0 amide bonds. The van der Waals surface area contributed by atoms with Gasteiger partial charge in [0.05, 0.1) is 0 Å². The highest BCUT2D eigenvalue weighted by atomic mass is 16.6. The molecule has 0 saturated heterocycles. The van der Waals surface area contributed by atoms with E-state index in [-0.39, 0.29) is 37.5 Å². The maximum absolute atomic E-state index is 12.9. The summed E-state index contributed by atoms with van der Waals surface area (Å²) in [5, 5.41) is 0. The van der Waals surface area contributed by atoms with Crippen molar-refractivity contribution in [2.24, 2.45) is 0 Å².